The third kappa shape index (κ3) is 1.96. The molecule has 0 bridgehead atoms. The Labute approximate surface area is 139 Å². The van der Waals surface area contributed by atoms with E-state index < -0.39 is 0 Å². The summed E-state index contributed by atoms with van der Waals surface area (Å²) >= 11 is 0. The number of aromatic nitrogens is 1. The molecule has 0 spiro atoms. The van der Waals surface area contributed by atoms with Gasteiger partial charge in [-0.2, -0.15) is 0 Å². The van der Waals surface area contributed by atoms with Gasteiger partial charge in [-0.1, -0.05) is 44.2 Å². The highest BCUT2D eigenvalue weighted by Gasteiger charge is 2.36. The molecule has 114 valence electrons. The molecule has 0 radical (unpaired) electrons. The number of pyridine rings is 1. The minimum absolute atomic E-state index is 0.0719. The second-order valence-electron chi connectivity index (χ2n) is 7.01. The summed E-state index contributed by atoms with van der Waals surface area (Å²) < 4.78 is 10.2. The highest BCUT2D eigenvalue weighted by atomic mass is 14.9. The lowest BCUT2D eigenvalue weighted by Gasteiger charge is -2.22. The van der Waals surface area contributed by atoms with Gasteiger partial charge in [0.1, 0.15) is 7.05 Å². The number of rotatable bonds is 1. The van der Waals surface area contributed by atoms with Crippen LogP contribution in [-0.4, -0.2) is 0 Å². The zero-order chi connectivity index (χ0) is 17.1. The standard InChI is InChI=1S/C22H22N/c1-15-13-18-16-9-5-6-10-19(16)22(2,3)20(18)14-17(15)21-11-7-8-12-23(21)4/h5-14H,1-4H3/q+1/i6D. The van der Waals surface area contributed by atoms with Crippen LogP contribution in [-0.2, 0) is 12.5 Å². The van der Waals surface area contributed by atoms with Crippen LogP contribution >= 0.6 is 0 Å². The van der Waals surface area contributed by atoms with Gasteiger partial charge in [0.05, 0.1) is 1.37 Å². The van der Waals surface area contributed by atoms with Crippen molar-refractivity contribution in [3.63, 3.8) is 0 Å². The lowest BCUT2D eigenvalue weighted by molar-refractivity contribution is -0.660. The molecular weight excluding hydrogens is 278 g/mol. The van der Waals surface area contributed by atoms with E-state index in [0.29, 0.717) is 6.04 Å². The summed E-state index contributed by atoms with van der Waals surface area (Å²) in [5.41, 5.74) is 8.93. The molecule has 1 nitrogen and oxygen atoms in total. The van der Waals surface area contributed by atoms with Crippen LogP contribution in [0.2, 0.25) is 0 Å². The fourth-order valence-corrected chi connectivity index (χ4v) is 3.85. The van der Waals surface area contributed by atoms with Crippen LogP contribution in [0.5, 0.6) is 0 Å². The fraction of sp³-hybridized carbons (Fsp3) is 0.227. The monoisotopic (exact) mass is 301 g/mol. The Morgan fingerprint density at radius 3 is 2.52 bits per heavy atom. The van der Waals surface area contributed by atoms with E-state index >= 15 is 0 Å². The van der Waals surface area contributed by atoms with E-state index in [2.05, 4.69) is 75.0 Å². The highest BCUT2D eigenvalue weighted by Crippen LogP contribution is 2.49. The normalized spacial score (nSPS) is 15.0. The summed E-state index contributed by atoms with van der Waals surface area (Å²) in [5, 5.41) is 0. The van der Waals surface area contributed by atoms with Gasteiger partial charge in [0.15, 0.2) is 6.20 Å². The van der Waals surface area contributed by atoms with E-state index in [4.69, 9.17) is 1.37 Å². The first-order valence-electron chi connectivity index (χ1n) is 8.61. The van der Waals surface area contributed by atoms with Gasteiger partial charge in [-0.15, -0.1) is 0 Å². The molecular formula is C22H22N+. The topological polar surface area (TPSA) is 3.88 Å². The fourth-order valence-electron chi connectivity index (χ4n) is 3.85. The summed E-state index contributed by atoms with van der Waals surface area (Å²) in [6.07, 6.45) is 2.09. The second-order valence-corrected chi connectivity index (χ2v) is 7.01. The van der Waals surface area contributed by atoms with Gasteiger partial charge in [-0.25, -0.2) is 4.57 Å². The number of aryl methyl sites for hydroxylation is 2. The third-order valence-corrected chi connectivity index (χ3v) is 5.20. The van der Waals surface area contributed by atoms with Gasteiger partial charge in [0.25, 0.3) is 0 Å². The Kier molecular flexibility index (Phi) is 2.72. The average Bonchev–Trinajstić information content (AvgIpc) is 2.75. The Morgan fingerprint density at radius 1 is 0.913 bits per heavy atom. The lowest BCUT2D eigenvalue weighted by Crippen LogP contribution is -2.30. The van der Waals surface area contributed by atoms with Crippen LogP contribution in [0.4, 0.5) is 0 Å². The van der Waals surface area contributed by atoms with E-state index in [1.807, 2.05) is 12.1 Å². The molecule has 0 unspecified atom stereocenters. The maximum atomic E-state index is 7.99. The Balaban J connectivity index is 2.00. The maximum Gasteiger partial charge on any atom is 0.212 e. The first-order valence-corrected chi connectivity index (χ1v) is 8.11. The molecule has 0 atom stereocenters. The molecule has 0 N–H and O–H groups in total. The van der Waals surface area contributed by atoms with Crippen molar-refractivity contribution in [1.82, 2.24) is 0 Å². The van der Waals surface area contributed by atoms with Crippen LogP contribution in [0, 0.1) is 6.92 Å². The highest BCUT2D eigenvalue weighted by molar-refractivity contribution is 5.84. The molecule has 1 aromatic heterocycles. The quantitative estimate of drug-likeness (QED) is 0.569. The van der Waals surface area contributed by atoms with Crippen molar-refractivity contribution in [3.05, 3.63) is 77.5 Å². The van der Waals surface area contributed by atoms with Crippen molar-refractivity contribution in [2.24, 2.45) is 7.05 Å². The van der Waals surface area contributed by atoms with Crippen LogP contribution in [0.25, 0.3) is 22.4 Å². The smallest absolute Gasteiger partial charge is 0.201 e. The Bertz CT molecular complexity index is 970. The van der Waals surface area contributed by atoms with Crippen molar-refractivity contribution in [2.45, 2.75) is 26.2 Å². The molecule has 23 heavy (non-hydrogen) atoms. The zero-order valence-corrected chi connectivity index (χ0v) is 14.1. The number of hydrogen-bond donors (Lipinski definition) is 0. The number of hydrogen-bond acceptors (Lipinski definition) is 0. The largest absolute Gasteiger partial charge is 0.212 e. The van der Waals surface area contributed by atoms with Crippen LogP contribution in [0.3, 0.4) is 0 Å². The van der Waals surface area contributed by atoms with Gasteiger partial charge < -0.3 is 0 Å². The minimum atomic E-state index is -0.0719. The molecule has 1 aliphatic rings. The van der Waals surface area contributed by atoms with Gasteiger partial charge in [-0.05, 0) is 46.9 Å². The van der Waals surface area contributed by atoms with E-state index in [1.165, 1.54) is 39.1 Å². The molecule has 0 amide bonds. The molecule has 3 aromatic rings. The maximum absolute atomic E-state index is 7.99. The van der Waals surface area contributed by atoms with Crippen LogP contribution in [0.15, 0.2) is 60.8 Å². The molecule has 0 fully saturated rings. The minimum Gasteiger partial charge on any atom is -0.201 e. The SMILES string of the molecule is [2H]c1ccc2c(c1)C(C)(C)c1cc(-c3cccc[n+]3C)c(C)cc1-2. The lowest BCUT2D eigenvalue weighted by atomic mass is 9.81. The summed E-state index contributed by atoms with van der Waals surface area (Å²) in [4.78, 5) is 0. The molecule has 1 heteroatoms. The van der Waals surface area contributed by atoms with Crippen molar-refractivity contribution in [1.29, 1.82) is 0 Å². The molecule has 0 saturated heterocycles. The van der Waals surface area contributed by atoms with Crippen LogP contribution < -0.4 is 4.57 Å². The molecule has 0 aliphatic heterocycles. The van der Waals surface area contributed by atoms with Crippen molar-refractivity contribution >= 4 is 0 Å². The molecule has 1 aliphatic carbocycles. The first kappa shape index (κ1) is 13.1. The average molecular weight is 301 g/mol. The molecule has 2 aromatic carbocycles. The van der Waals surface area contributed by atoms with E-state index in [9.17, 15) is 0 Å². The first-order chi connectivity index (χ1) is 11.4. The van der Waals surface area contributed by atoms with Gasteiger partial charge in [-0.3, -0.25) is 0 Å². The number of benzene rings is 2. The second kappa shape index (κ2) is 4.79. The van der Waals surface area contributed by atoms with Gasteiger partial charge >= 0.3 is 0 Å². The van der Waals surface area contributed by atoms with Crippen molar-refractivity contribution in [3.8, 4) is 22.4 Å². The number of nitrogens with zero attached hydrogens (tertiary/aromatic N) is 1. The van der Waals surface area contributed by atoms with E-state index in [1.54, 1.807) is 0 Å². The number of fused-ring (bicyclic) bond motifs is 3. The van der Waals surface area contributed by atoms with Gasteiger partial charge in [0.2, 0.25) is 5.69 Å². The summed E-state index contributed by atoms with van der Waals surface area (Å²) in [5.74, 6) is 0. The van der Waals surface area contributed by atoms with Crippen molar-refractivity contribution in [2.75, 3.05) is 0 Å². The zero-order valence-electron chi connectivity index (χ0n) is 15.1. The summed E-state index contributed by atoms with van der Waals surface area (Å²) in [6, 6.07) is 17.6. The van der Waals surface area contributed by atoms with Crippen molar-refractivity contribution < 1.29 is 5.94 Å². The summed E-state index contributed by atoms with van der Waals surface area (Å²) in [7, 11) is 2.09. The Hall–Kier alpha value is -2.41. The van der Waals surface area contributed by atoms with Crippen LogP contribution in [0.1, 0.15) is 31.9 Å². The molecule has 0 saturated carbocycles. The Morgan fingerprint density at radius 2 is 1.74 bits per heavy atom. The third-order valence-electron chi connectivity index (χ3n) is 5.20. The molecule has 4 rings (SSSR count). The molecule has 1 heterocycles. The predicted molar refractivity (Wildman–Crippen MR) is 95.4 cm³/mol. The summed E-state index contributed by atoms with van der Waals surface area (Å²) in [6.45, 7) is 6.72. The van der Waals surface area contributed by atoms with E-state index in [0.717, 1.165) is 0 Å². The predicted octanol–water partition coefficient (Wildman–Crippen LogP) is 4.79. The van der Waals surface area contributed by atoms with Gasteiger partial charge in [0, 0.05) is 23.1 Å². The van der Waals surface area contributed by atoms with E-state index in [-0.39, 0.29) is 5.41 Å².